The van der Waals surface area contributed by atoms with Crippen LogP contribution in [0.5, 0.6) is 0 Å². The first-order valence-electron chi connectivity index (χ1n) is 8.46. The number of nitrogens with one attached hydrogen (secondary N) is 1. The Morgan fingerprint density at radius 3 is 2.36 bits per heavy atom. The average Bonchev–Trinajstić information content (AvgIpc) is 2.52. The van der Waals surface area contributed by atoms with Crippen molar-refractivity contribution in [2.45, 2.75) is 50.3 Å². The fraction of sp³-hybridized carbons (Fsp3) is 0.588. The Balaban J connectivity index is 1.81. The number of hydrogen-bond acceptors (Lipinski definition) is 5. The SMILES string of the molecule is CC1CN(C(C)C(=O)NCCc2ccc(S(N)(=O)=O)cc2)CC(C)O1. The molecule has 2 rings (SSSR count). The van der Waals surface area contributed by atoms with Crippen LogP contribution in [-0.2, 0) is 26.0 Å². The van der Waals surface area contributed by atoms with Gasteiger partial charge in [0, 0.05) is 19.6 Å². The van der Waals surface area contributed by atoms with E-state index in [2.05, 4.69) is 10.2 Å². The predicted molar refractivity (Wildman–Crippen MR) is 95.6 cm³/mol. The summed E-state index contributed by atoms with van der Waals surface area (Å²) in [6.45, 7) is 7.91. The Bertz CT molecular complexity index is 680. The molecule has 1 aliphatic heterocycles. The number of carbonyl (C=O) groups excluding carboxylic acids is 1. The second kappa shape index (κ2) is 8.27. The van der Waals surface area contributed by atoms with Gasteiger partial charge in [-0.25, -0.2) is 13.6 Å². The number of primary sulfonamides is 1. The molecule has 0 spiro atoms. The highest BCUT2D eigenvalue weighted by molar-refractivity contribution is 7.89. The maximum Gasteiger partial charge on any atom is 0.238 e. The van der Waals surface area contributed by atoms with E-state index in [9.17, 15) is 13.2 Å². The standard InChI is InChI=1S/C17H27N3O4S/c1-12-10-20(11-13(2)24-12)14(3)17(21)19-9-8-15-4-6-16(7-5-15)25(18,22)23/h4-7,12-14H,8-11H2,1-3H3,(H,19,21)(H2,18,22,23). The molecule has 25 heavy (non-hydrogen) atoms. The molecular weight excluding hydrogens is 342 g/mol. The maximum atomic E-state index is 12.3. The van der Waals surface area contributed by atoms with E-state index in [1.807, 2.05) is 20.8 Å². The lowest BCUT2D eigenvalue weighted by atomic mass is 10.1. The summed E-state index contributed by atoms with van der Waals surface area (Å²) >= 11 is 0. The van der Waals surface area contributed by atoms with Crippen LogP contribution in [0.3, 0.4) is 0 Å². The minimum Gasteiger partial charge on any atom is -0.373 e. The smallest absolute Gasteiger partial charge is 0.238 e. The summed E-state index contributed by atoms with van der Waals surface area (Å²) in [7, 11) is -3.67. The summed E-state index contributed by atoms with van der Waals surface area (Å²) in [5.74, 6) is -0.0116. The number of amides is 1. The fourth-order valence-electron chi connectivity index (χ4n) is 3.02. The summed E-state index contributed by atoms with van der Waals surface area (Å²) in [5, 5.41) is 8.01. The first-order chi connectivity index (χ1) is 11.7. The van der Waals surface area contributed by atoms with E-state index in [1.165, 1.54) is 12.1 Å². The third kappa shape index (κ3) is 5.78. The number of nitrogens with two attached hydrogens (primary N) is 1. The molecule has 1 aromatic rings. The molecule has 1 fully saturated rings. The van der Waals surface area contributed by atoms with Gasteiger partial charge >= 0.3 is 0 Å². The van der Waals surface area contributed by atoms with Gasteiger partial charge in [-0.05, 0) is 44.9 Å². The summed E-state index contributed by atoms with van der Waals surface area (Å²) in [6.07, 6.45) is 0.868. The van der Waals surface area contributed by atoms with Gasteiger partial charge in [0.05, 0.1) is 23.1 Å². The zero-order chi connectivity index (χ0) is 18.6. The molecule has 0 bridgehead atoms. The van der Waals surface area contributed by atoms with Gasteiger partial charge in [0.25, 0.3) is 0 Å². The van der Waals surface area contributed by atoms with E-state index in [0.717, 1.165) is 18.7 Å². The molecule has 1 heterocycles. The highest BCUT2D eigenvalue weighted by Crippen LogP contribution is 2.14. The van der Waals surface area contributed by atoms with Gasteiger partial charge in [-0.3, -0.25) is 9.69 Å². The van der Waals surface area contributed by atoms with Gasteiger partial charge in [-0.1, -0.05) is 12.1 Å². The van der Waals surface area contributed by atoms with Crippen molar-refractivity contribution < 1.29 is 17.9 Å². The number of benzene rings is 1. The topological polar surface area (TPSA) is 102 Å². The van der Waals surface area contributed by atoms with E-state index >= 15 is 0 Å². The minimum absolute atomic E-state index is 0.0116. The average molecular weight is 369 g/mol. The van der Waals surface area contributed by atoms with Crippen molar-refractivity contribution in [2.75, 3.05) is 19.6 Å². The molecule has 3 atom stereocenters. The van der Waals surface area contributed by atoms with Crippen LogP contribution in [0, 0.1) is 0 Å². The minimum atomic E-state index is -3.67. The number of carbonyl (C=O) groups is 1. The number of morpholine rings is 1. The van der Waals surface area contributed by atoms with Gasteiger partial charge in [0.15, 0.2) is 0 Å². The summed E-state index contributed by atoms with van der Waals surface area (Å²) in [5.41, 5.74) is 0.939. The lowest BCUT2D eigenvalue weighted by Crippen LogP contribution is -2.54. The van der Waals surface area contributed by atoms with Crippen LogP contribution in [0.15, 0.2) is 29.2 Å². The molecule has 1 saturated heterocycles. The Morgan fingerprint density at radius 2 is 1.84 bits per heavy atom. The fourth-order valence-corrected chi connectivity index (χ4v) is 3.54. The number of sulfonamides is 1. The summed E-state index contributed by atoms with van der Waals surface area (Å²) in [4.78, 5) is 14.6. The highest BCUT2D eigenvalue weighted by Gasteiger charge is 2.28. The summed E-state index contributed by atoms with van der Waals surface area (Å²) in [6, 6.07) is 6.16. The second-order valence-electron chi connectivity index (χ2n) is 6.62. The van der Waals surface area contributed by atoms with Crippen LogP contribution in [0.25, 0.3) is 0 Å². The first-order valence-corrected chi connectivity index (χ1v) is 10.0. The molecule has 0 aliphatic carbocycles. The molecule has 0 aromatic heterocycles. The van der Waals surface area contributed by atoms with Crippen molar-refractivity contribution in [2.24, 2.45) is 5.14 Å². The monoisotopic (exact) mass is 369 g/mol. The van der Waals surface area contributed by atoms with Gasteiger partial charge in [-0.15, -0.1) is 0 Å². The van der Waals surface area contributed by atoms with Crippen molar-refractivity contribution in [1.82, 2.24) is 10.2 Å². The third-order valence-electron chi connectivity index (χ3n) is 4.34. The number of hydrogen-bond donors (Lipinski definition) is 2. The molecule has 3 N–H and O–H groups in total. The van der Waals surface area contributed by atoms with Crippen LogP contribution < -0.4 is 10.5 Å². The number of ether oxygens (including phenoxy) is 1. The number of rotatable bonds is 6. The molecule has 140 valence electrons. The Kier molecular flexibility index (Phi) is 6.56. The molecular formula is C17H27N3O4S. The van der Waals surface area contributed by atoms with Crippen molar-refractivity contribution >= 4 is 15.9 Å². The van der Waals surface area contributed by atoms with Crippen molar-refractivity contribution in [1.29, 1.82) is 0 Å². The van der Waals surface area contributed by atoms with Gasteiger partial charge < -0.3 is 10.1 Å². The predicted octanol–water partition coefficient (Wildman–Crippen LogP) is 0.490. The Morgan fingerprint density at radius 1 is 1.28 bits per heavy atom. The van der Waals surface area contributed by atoms with E-state index in [4.69, 9.17) is 9.88 Å². The summed E-state index contributed by atoms with van der Waals surface area (Å²) < 4.78 is 28.1. The molecule has 0 saturated carbocycles. The van der Waals surface area contributed by atoms with E-state index in [-0.39, 0.29) is 29.1 Å². The van der Waals surface area contributed by atoms with E-state index in [0.29, 0.717) is 13.0 Å². The quantitative estimate of drug-likeness (QED) is 0.760. The van der Waals surface area contributed by atoms with Crippen molar-refractivity contribution in [3.63, 3.8) is 0 Å². The Labute approximate surface area is 149 Å². The molecule has 3 unspecified atom stereocenters. The van der Waals surface area contributed by atoms with Crippen LogP contribution in [-0.4, -0.2) is 57.1 Å². The third-order valence-corrected chi connectivity index (χ3v) is 5.27. The van der Waals surface area contributed by atoms with Gasteiger partial charge in [-0.2, -0.15) is 0 Å². The highest BCUT2D eigenvalue weighted by atomic mass is 32.2. The number of nitrogens with zero attached hydrogens (tertiary/aromatic N) is 1. The molecule has 7 nitrogen and oxygen atoms in total. The van der Waals surface area contributed by atoms with E-state index in [1.54, 1.807) is 12.1 Å². The van der Waals surface area contributed by atoms with Crippen LogP contribution in [0.2, 0.25) is 0 Å². The second-order valence-corrected chi connectivity index (χ2v) is 8.18. The molecule has 1 amide bonds. The van der Waals surface area contributed by atoms with Crippen LogP contribution >= 0.6 is 0 Å². The first kappa shape index (κ1) is 19.8. The lowest BCUT2D eigenvalue weighted by molar-refractivity contribution is -0.131. The van der Waals surface area contributed by atoms with E-state index < -0.39 is 10.0 Å². The van der Waals surface area contributed by atoms with Crippen LogP contribution in [0.1, 0.15) is 26.3 Å². The maximum absolute atomic E-state index is 12.3. The molecule has 0 radical (unpaired) electrons. The van der Waals surface area contributed by atoms with Crippen LogP contribution in [0.4, 0.5) is 0 Å². The van der Waals surface area contributed by atoms with Gasteiger partial charge in [0.2, 0.25) is 15.9 Å². The molecule has 1 aliphatic rings. The van der Waals surface area contributed by atoms with Crippen molar-refractivity contribution in [3.05, 3.63) is 29.8 Å². The zero-order valence-corrected chi connectivity index (χ0v) is 15.8. The molecule has 8 heteroatoms. The largest absolute Gasteiger partial charge is 0.373 e. The van der Waals surface area contributed by atoms with Crippen molar-refractivity contribution in [3.8, 4) is 0 Å². The zero-order valence-electron chi connectivity index (χ0n) is 14.9. The normalized spacial score (nSPS) is 23.2. The van der Waals surface area contributed by atoms with Gasteiger partial charge in [0.1, 0.15) is 0 Å². The molecule has 1 aromatic carbocycles. The lowest BCUT2D eigenvalue weighted by Gasteiger charge is -2.38. The Hall–Kier alpha value is -1.48.